The molecule has 3 aromatic rings. The molecule has 2 aliphatic rings. The Hall–Kier alpha value is -4.27. The smallest absolute Gasteiger partial charge is 0.338 e. The first-order chi connectivity index (χ1) is 17.4. The summed E-state index contributed by atoms with van der Waals surface area (Å²) >= 11 is 0. The number of aromatic nitrogens is 1. The van der Waals surface area contributed by atoms with Gasteiger partial charge in [-0.2, -0.15) is 0 Å². The second-order valence-electron chi connectivity index (χ2n) is 9.14. The van der Waals surface area contributed by atoms with E-state index in [4.69, 9.17) is 9.26 Å². The molecule has 3 amide bonds. The monoisotopic (exact) mass is 487 g/mol. The van der Waals surface area contributed by atoms with E-state index in [1.165, 1.54) is 28.7 Å². The Labute approximate surface area is 207 Å². The molecule has 5 rings (SSSR count). The molecule has 0 bridgehead atoms. The number of benzene rings is 2. The van der Waals surface area contributed by atoms with E-state index in [9.17, 15) is 19.2 Å². The number of anilines is 2. The highest BCUT2D eigenvalue weighted by molar-refractivity contribution is 6.22. The predicted molar refractivity (Wildman–Crippen MR) is 129 cm³/mol. The van der Waals surface area contributed by atoms with Crippen molar-refractivity contribution in [2.45, 2.75) is 32.1 Å². The van der Waals surface area contributed by atoms with Crippen molar-refractivity contribution in [3.8, 4) is 0 Å². The highest BCUT2D eigenvalue weighted by Gasteiger charge is 2.50. The lowest BCUT2D eigenvalue weighted by Gasteiger charge is -2.28. The molecule has 3 atom stereocenters. The number of imide groups is 1. The summed E-state index contributed by atoms with van der Waals surface area (Å²) in [7, 11) is 0. The van der Waals surface area contributed by atoms with Gasteiger partial charge in [-0.05, 0) is 55.9 Å². The molecule has 2 aromatic carbocycles. The molecule has 0 radical (unpaired) electrons. The van der Waals surface area contributed by atoms with E-state index in [0.717, 1.165) is 6.42 Å². The molecule has 1 N–H and O–H groups in total. The van der Waals surface area contributed by atoms with Crippen LogP contribution in [0.5, 0.6) is 0 Å². The summed E-state index contributed by atoms with van der Waals surface area (Å²) < 4.78 is 9.97. The number of carbonyl (C=O) groups is 4. The highest BCUT2D eigenvalue weighted by atomic mass is 16.5. The van der Waals surface area contributed by atoms with Crippen LogP contribution in [-0.4, -0.2) is 35.5 Å². The zero-order valence-electron chi connectivity index (χ0n) is 19.7. The molecule has 1 saturated heterocycles. The Balaban J connectivity index is 1.25. The van der Waals surface area contributed by atoms with Crippen LogP contribution in [-0.2, 0) is 19.1 Å². The van der Waals surface area contributed by atoms with Gasteiger partial charge in [0.25, 0.3) is 5.91 Å². The first-order valence-corrected chi connectivity index (χ1v) is 11.8. The summed E-state index contributed by atoms with van der Waals surface area (Å²) in [6.45, 7) is 1.16. The zero-order valence-corrected chi connectivity index (χ0v) is 19.7. The lowest BCUT2D eigenvalue weighted by atomic mass is 9.73. The van der Waals surface area contributed by atoms with Gasteiger partial charge < -0.3 is 14.6 Å². The lowest BCUT2D eigenvalue weighted by Crippen LogP contribution is -2.31. The van der Waals surface area contributed by atoms with E-state index in [1.54, 1.807) is 19.1 Å². The van der Waals surface area contributed by atoms with Crippen LogP contribution in [0.25, 0.3) is 0 Å². The molecule has 0 spiro atoms. The van der Waals surface area contributed by atoms with E-state index in [0.29, 0.717) is 24.3 Å². The fourth-order valence-corrected chi connectivity index (χ4v) is 5.05. The molecule has 2 heterocycles. The summed E-state index contributed by atoms with van der Waals surface area (Å²) in [4.78, 5) is 52.3. The number of amides is 3. The van der Waals surface area contributed by atoms with Crippen molar-refractivity contribution in [2.24, 2.45) is 11.8 Å². The molecule has 1 saturated carbocycles. The SMILES string of the molecule is Cc1cc(NC(=O)COC(=O)c2cccc(N3C(=O)C4CCC(c5ccccc5)CC4C3=O)c2)no1. The fourth-order valence-electron chi connectivity index (χ4n) is 5.05. The van der Waals surface area contributed by atoms with Gasteiger partial charge >= 0.3 is 5.97 Å². The molecule has 9 nitrogen and oxygen atoms in total. The largest absolute Gasteiger partial charge is 0.452 e. The third kappa shape index (κ3) is 4.64. The quantitative estimate of drug-likeness (QED) is 0.414. The number of carbonyl (C=O) groups excluding carboxylic acids is 4. The van der Waals surface area contributed by atoms with Crippen molar-refractivity contribution in [3.63, 3.8) is 0 Å². The van der Waals surface area contributed by atoms with Crippen LogP contribution in [0.4, 0.5) is 11.5 Å². The first-order valence-electron chi connectivity index (χ1n) is 11.8. The van der Waals surface area contributed by atoms with E-state index in [1.807, 2.05) is 18.2 Å². The van der Waals surface area contributed by atoms with E-state index in [-0.39, 0.29) is 40.9 Å². The van der Waals surface area contributed by atoms with Crippen molar-refractivity contribution >= 4 is 35.2 Å². The number of fused-ring (bicyclic) bond motifs is 1. The van der Waals surface area contributed by atoms with Gasteiger partial charge in [0.2, 0.25) is 11.8 Å². The van der Waals surface area contributed by atoms with E-state index < -0.39 is 18.5 Å². The van der Waals surface area contributed by atoms with Crippen LogP contribution < -0.4 is 10.2 Å². The average molecular weight is 488 g/mol. The number of esters is 1. The average Bonchev–Trinajstić information content (AvgIpc) is 3.42. The number of hydrogen-bond donors (Lipinski definition) is 1. The minimum Gasteiger partial charge on any atom is -0.452 e. The fraction of sp³-hybridized carbons (Fsp3) is 0.296. The van der Waals surface area contributed by atoms with E-state index in [2.05, 4.69) is 22.6 Å². The van der Waals surface area contributed by atoms with Gasteiger partial charge in [-0.1, -0.05) is 41.6 Å². The topological polar surface area (TPSA) is 119 Å². The van der Waals surface area contributed by atoms with Crippen molar-refractivity contribution < 1.29 is 28.4 Å². The van der Waals surface area contributed by atoms with Crippen molar-refractivity contribution in [1.82, 2.24) is 5.16 Å². The summed E-state index contributed by atoms with van der Waals surface area (Å²) in [5.41, 5.74) is 1.64. The van der Waals surface area contributed by atoms with Crippen LogP contribution in [0.3, 0.4) is 0 Å². The summed E-state index contributed by atoms with van der Waals surface area (Å²) in [5.74, 6) is -1.54. The van der Waals surface area contributed by atoms with Crippen molar-refractivity contribution in [1.29, 1.82) is 0 Å². The second-order valence-corrected chi connectivity index (χ2v) is 9.14. The Morgan fingerprint density at radius 3 is 2.56 bits per heavy atom. The summed E-state index contributed by atoms with van der Waals surface area (Å²) in [5, 5.41) is 6.11. The van der Waals surface area contributed by atoms with Gasteiger partial charge in [0.1, 0.15) is 5.76 Å². The zero-order chi connectivity index (χ0) is 25.2. The van der Waals surface area contributed by atoms with Gasteiger partial charge in [0, 0.05) is 6.07 Å². The molecule has 3 unspecified atom stereocenters. The minimum absolute atomic E-state index is 0.134. The Bertz CT molecular complexity index is 1320. The molecule has 9 heteroatoms. The summed E-state index contributed by atoms with van der Waals surface area (Å²) in [6, 6.07) is 17.8. The normalized spacial score (nSPS) is 21.2. The molecular formula is C27H25N3O6. The number of ether oxygens (including phenoxy) is 1. The van der Waals surface area contributed by atoms with Gasteiger partial charge in [0.15, 0.2) is 12.4 Å². The third-order valence-corrected chi connectivity index (χ3v) is 6.77. The van der Waals surface area contributed by atoms with Gasteiger partial charge in [0.05, 0.1) is 23.1 Å². The van der Waals surface area contributed by atoms with Gasteiger partial charge in [-0.15, -0.1) is 0 Å². The lowest BCUT2D eigenvalue weighted by molar-refractivity contribution is -0.122. The van der Waals surface area contributed by atoms with Crippen molar-refractivity contribution in [2.75, 3.05) is 16.8 Å². The standard InChI is InChI=1S/C27H25N3O6/c1-16-12-23(29-36-16)28-24(31)15-35-27(34)19-8-5-9-20(13-19)30-25(32)21-11-10-18(14-22(21)26(30)33)17-6-3-2-4-7-17/h2-9,12-13,18,21-22H,10-11,14-15H2,1H3,(H,28,29,31). The van der Waals surface area contributed by atoms with Gasteiger partial charge in [-0.3, -0.25) is 19.3 Å². The minimum atomic E-state index is -0.746. The third-order valence-electron chi connectivity index (χ3n) is 6.77. The molecular weight excluding hydrogens is 462 g/mol. The first kappa shape index (κ1) is 23.5. The molecule has 36 heavy (non-hydrogen) atoms. The van der Waals surface area contributed by atoms with Crippen LogP contribution in [0, 0.1) is 18.8 Å². The Kier molecular flexibility index (Phi) is 6.37. The van der Waals surface area contributed by atoms with Crippen LogP contribution in [0.2, 0.25) is 0 Å². The maximum absolute atomic E-state index is 13.3. The molecule has 1 aliphatic heterocycles. The maximum atomic E-state index is 13.3. The Morgan fingerprint density at radius 1 is 1.03 bits per heavy atom. The summed E-state index contributed by atoms with van der Waals surface area (Å²) in [6.07, 6.45) is 2.12. The van der Waals surface area contributed by atoms with Crippen LogP contribution in [0.15, 0.2) is 65.2 Å². The van der Waals surface area contributed by atoms with Crippen molar-refractivity contribution in [3.05, 3.63) is 77.6 Å². The van der Waals surface area contributed by atoms with Gasteiger partial charge in [-0.25, -0.2) is 4.79 Å². The van der Waals surface area contributed by atoms with Crippen LogP contribution in [0.1, 0.15) is 46.9 Å². The maximum Gasteiger partial charge on any atom is 0.338 e. The number of hydrogen-bond acceptors (Lipinski definition) is 7. The Morgan fingerprint density at radius 2 is 1.81 bits per heavy atom. The molecule has 1 aliphatic carbocycles. The molecule has 184 valence electrons. The number of aryl methyl sites for hydroxylation is 1. The molecule has 1 aromatic heterocycles. The number of nitrogens with one attached hydrogen (secondary N) is 1. The molecule has 2 fully saturated rings. The van der Waals surface area contributed by atoms with Crippen LogP contribution >= 0.6 is 0 Å². The van der Waals surface area contributed by atoms with E-state index >= 15 is 0 Å². The highest BCUT2D eigenvalue weighted by Crippen LogP contribution is 2.45. The number of rotatable bonds is 6. The predicted octanol–water partition coefficient (Wildman–Crippen LogP) is 3.85. The second kappa shape index (κ2) is 9.77. The number of nitrogens with zero attached hydrogens (tertiary/aromatic N) is 2.